The van der Waals surface area contributed by atoms with E-state index in [1.54, 1.807) is 0 Å². The molecule has 730 valence electrons. The molecule has 19 aromatic carbocycles. The summed E-state index contributed by atoms with van der Waals surface area (Å²) in [6, 6.07) is 156. The molecule has 7 heterocycles. The van der Waals surface area contributed by atoms with Gasteiger partial charge in [0, 0.05) is 91.1 Å². The Bertz CT molecular complexity index is 8320. The smallest absolute Gasteiger partial charge is 0.252 e. The third-order valence-corrected chi connectivity index (χ3v) is 35.2. The normalized spacial score (nSPS) is 15.0. The van der Waals surface area contributed by atoms with Crippen molar-refractivity contribution in [1.82, 2.24) is 0 Å². The lowest BCUT2D eigenvalue weighted by Gasteiger charge is -2.46. The van der Waals surface area contributed by atoms with E-state index in [4.69, 9.17) is 13.9 Å². The maximum atomic E-state index is 7.05. The van der Waals surface area contributed by atoms with Crippen LogP contribution in [0.5, 0.6) is 23.0 Å². The molecule has 0 atom stereocenters. The topological polar surface area (TPSA) is 44.6 Å². The standard InChI is InChI=1S/C142H121BN4O3/c1-137(2,3)96-70-65-90(105(86-96)93-68-77-134-118(82-93)141(116-56-30-37-63-132(116)149-134)108-48-22-17-43-100(108)101-44-18-23-49-109(101)141)41-15-11-13-39-79-144-126-88-98(146-122-58-32-26-52-112(122)139(7,8)113-53-27-33-59-123(113)146)72-74-120(126)143-121-75-73-99(147-124-60-34-28-54-114(124)140(9,10)115-55-29-35-61-125(115)147)89-127(121)145(129-85-95(84-128(144)136(129)143)92-67-76-131-107(81-92)104-47-21-36-62-130(104)148-131)80-40-14-12-16-42-91-66-71-97(138(4,5)6)87-106(91)94-69-78-135-119(83-94)142(117-57-31-38-64-133(117)150-135)110-50-24-19-45-102(110)103-46-20-25-51-111(103)142/h17-38,43-78,81-89H,11-16,39-42,79-80H2,1-10H3. The van der Waals surface area contributed by atoms with E-state index in [1.807, 2.05) is 0 Å². The summed E-state index contributed by atoms with van der Waals surface area (Å²) in [4.78, 5) is 10.8. The molecule has 0 unspecified atom stereocenters. The van der Waals surface area contributed by atoms with Gasteiger partial charge in [0.1, 0.15) is 34.2 Å². The van der Waals surface area contributed by atoms with Gasteiger partial charge in [-0.15, -0.1) is 0 Å². The van der Waals surface area contributed by atoms with Crippen molar-refractivity contribution >= 4 is 102 Å². The summed E-state index contributed by atoms with van der Waals surface area (Å²) < 4.78 is 20.8. The third-order valence-electron chi connectivity index (χ3n) is 35.2. The Balaban J connectivity index is 0.560. The molecule has 2 aliphatic carbocycles. The zero-order valence-electron chi connectivity index (χ0n) is 87.3. The molecule has 20 aromatic rings. The Labute approximate surface area is 882 Å². The molecule has 0 radical (unpaired) electrons. The summed E-state index contributed by atoms with van der Waals surface area (Å²) in [5, 5.41) is 2.24. The number of unbranched alkanes of at least 4 members (excludes halogenated alkanes) is 6. The van der Waals surface area contributed by atoms with Gasteiger partial charge in [0.05, 0.1) is 33.6 Å². The number of furan rings is 1. The first-order chi connectivity index (χ1) is 73.2. The second-order valence-electron chi connectivity index (χ2n) is 46.3. The predicted molar refractivity (Wildman–Crippen MR) is 625 cm³/mol. The van der Waals surface area contributed by atoms with Gasteiger partial charge in [-0.2, -0.15) is 0 Å². The van der Waals surface area contributed by atoms with Gasteiger partial charge in [0.2, 0.25) is 0 Å². The average Bonchev–Trinajstić information content (AvgIpc) is 1.55. The molecule has 2 spiro atoms. The minimum absolute atomic E-state index is 0.0749. The number of fused-ring (bicyclic) bond motifs is 29. The van der Waals surface area contributed by atoms with E-state index in [0.29, 0.717) is 0 Å². The van der Waals surface area contributed by atoms with Gasteiger partial charge in [-0.3, -0.25) is 0 Å². The number of nitrogens with zero attached hydrogens (tertiary/aromatic N) is 4. The molecule has 8 heteroatoms. The molecule has 0 fully saturated rings. The molecule has 1 aromatic heterocycles. The van der Waals surface area contributed by atoms with E-state index in [0.717, 1.165) is 139 Å². The van der Waals surface area contributed by atoms with Crippen molar-refractivity contribution in [2.24, 2.45) is 0 Å². The van der Waals surface area contributed by atoms with Gasteiger partial charge in [-0.1, -0.05) is 386 Å². The zero-order chi connectivity index (χ0) is 101. The van der Waals surface area contributed by atoms with Crippen molar-refractivity contribution in [2.45, 2.75) is 166 Å². The second kappa shape index (κ2) is 34.7. The highest BCUT2D eigenvalue weighted by atomic mass is 16.5. The van der Waals surface area contributed by atoms with Crippen LogP contribution < -0.4 is 45.5 Å². The molecule has 28 rings (SSSR count). The number of aryl methyl sites for hydroxylation is 2. The lowest BCUT2D eigenvalue weighted by Crippen LogP contribution is -2.62. The van der Waals surface area contributed by atoms with Crippen LogP contribution in [-0.4, -0.2) is 19.8 Å². The van der Waals surface area contributed by atoms with Gasteiger partial charge in [0.15, 0.2) is 0 Å². The molecule has 0 saturated carbocycles. The van der Waals surface area contributed by atoms with Crippen molar-refractivity contribution in [3.63, 3.8) is 0 Å². The number of hydrogen-bond acceptors (Lipinski definition) is 7. The number of para-hydroxylation sites is 7. The summed E-state index contributed by atoms with van der Waals surface area (Å²) in [5.41, 5.74) is 49.3. The fourth-order valence-electron chi connectivity index (χ4n) is 27.8. The molecule has 6 aliphatic heterocycles. The molecular weight excluding hydrogens is 1820 g/mol. The summed E-state index contributed by atoms with van der Waals surface area (Å²) in [6.07, 6.45) is 10.1. The van der Waals surface area contributed by atoms with Crippen LogP contribution in [0.2, 0.25) is 0 Å². The fraction of sp³-hybridized carbons (Fsp3) is 0.197. The monoisotopic (exact) mass is 1940 g/mol. The Morgan fingerprint density at radius 3 is 1.02 bits per heavy atom. The van der Waals surface area contributed by atoms with Gasteiger partial charge in [0.25, 0.3) is 6.71 Å². The minimum atomic E-state index is -0.574. The fourth-order valence-corrected chi connectivity index (χ4v) is 27.8. The highest BCUT2D eigenvalue weighted by molar-refractivity contribution is 7.00. The van der Waals surface area contributed by atoms with Crippen LogP contribution in [-0.2, 0) is 45.3 Å². The van der Waals surface area contributed by atoms with Crippen LogP contribution in [0.4, 0.5) is 56.9 Å². The maximum Gasteiger partial charge on any atom is 0.252 e. The molecule has 0 N–H and O–H groups in total. The zero-order valence-corrected chi connectivity index (χ0v) is 87.3. The van der Waals surface area contributed by atoms with Crippen molar-refractivity contribution in [3.05, 3.63) is 495 Å². The van der Waals surface area contributed by atoms with Crippen LogP contribution in [0.15, 0.2) is 411 Å². The van der Waals surface area contributed by atoms with E-state index in [1.165, 1.54) is 201 Å². The molecular formula is C142H121BN4O3. The number of ether oxygens (including phenoxy) is 2. The lowest BCUT2D eigenvalue weighted by molar-refractivity contribution is 0.436. The first-order valence-corrected chi connectivity index (χ1v) is 54.6. The van der Waals surface area contributed by atoms with Crippen LogP contribution >= 0.6 is 0 Å². The first-order valence-electron chi connectivity index (χ1n) is 54.6. The summed E-state index contributed by atoms with van der Waals surface area (Å²) in [6.45, 7) is 25.2. The van der Waals surface area contributed by atoms with Crippen molar-refractivity contribution in [3.8, 4) is 78.6 Å². The van der Waals surface area contributed by atoms with Crippen molar-refractivity contribution in [1.29, 1.82) is 0 Å². The SMILES string of the molecule is CC(C)(C)c1ccc(CCCCCCN2c3cc(N4c5ccccc5C(C)(C)c5ccccc54)ccc3B3c4ccc(N5c6ccccc6C(C)(C)c6ccccc65)cc4N(CCCCCCc4ccc(C(C)(C)C)cc4-c4ccc5c(c4)C4(c6ccccc6O5)c5ccccc5-c5ccccc54)c4cc(-c5ccc6oc7ccccc7c6c5)cc2c43)c(-c2ccc3c(c2)C2(c4ccccc4O3)c3ccccc3-c3ccccc32)c1. The lowest BCUT2D eigenvalue weighted by atomic mass is 9.33. The summed E-state index contributed by atoms with van der Waals surface area (Å²) in [5.74, 6) is 3.63. The van der Waals surface area contributed by atoms with Gasteiger partial charge < -0.3 is 33.5 Å². The Kier molecular flexibility index (Phi) is 21.1. The van der Waals surface area contributed by atoms with Crippen LogP contribution in [0, 0.1) is 0 Å². The maximum absolute atomic E-state index is 7.05. The average molecular weight is 1940 g/mol. The number of hydrogen-bond donors (Lipinski definition) is 0. The third kappa shape index (κ3) is 14.0. The Morgan fingerprint density at radius 1 is 0.247 bits per heavy atom. The van der Waals surface area contributed by atoms with Crippen LogP contribution in [0.1, 0.15) is 210 Å². The molecule has 0 bridgehead atoms. The number of rotatable bonds is 19. The van der Waals surface area contributed by atoms with E-state index in [-0.39, 0.29) is 28.4 Å². The minimum Gasteiger partial charge on any atom is -0.457 e. The highest BCUT2D eigenvalue weighted by Gasteiger charge is 2.55. The van der Waals surface area contributed by atoms with E-state index in [9.17, 15) is 0 Å². The van der Waals surface area contributed by atoms with E-state index in [2.05, 4.69) is 495 Å². The van der Waals surface area contributed by atoms with E-state index >= 15 is 0 Å². The molecule has 150 heavy (non-hydrogen) atoms. The first kappa shape index (κ1) is 91.3. The van der Waals surface area contributed by atoms with Crippen LogP contribution in [0.3, 0.4) is 0 Å². The summed E-state index contributed by atoms with van der Waals surface area (Å²) >= 11 is 0. The predicted octanol–water partition coefficient (Wildman–Crippen LogP) is 35.4. The Morgan fingerprint density at radius 2 is 0.600 bits per heavy atom. The van der Waals surface area contributed by atoms with Crippen molar-refractivity contribution in [2.75, 3.05) is 32.7 Å². The number of benzene rings is 19. The molecule has 0 saturated heterocycles. The second-order valence-corrected chi connectivity index (χ2v) is 46.3. The van der Waals surface area contributed by atoms with Gasteiger partial charge in [-0.25, -0.2) is 0 Å². The van der Waals surface area contributed by atoms with Gasteiger partial charge >= 0.3 is 0 Å². The van der Waals surface area contributed by atoms with Gasteiger partial charge in [-0.05, 0) is 303 Å². The molecule has 8 aliphatic rings. The van der Waals surface area contributed by atoms with E-state index < -0.39 is 10.8 Å². The molecule has 7 nitrogen and oxygen atoms in total. The summed E-state index contributed by atoms with van der Waals surface area (Å²) in [7, 11) is 0. The largest absolute Gasteiger partial charge is 0.457 e. The Hall–Kier alpha value is -16.2. The number of anilines is 10. The molecule has 0 amide bonds. The highest BCUT2D eigenvalue weighted by Crippen LogP contribution is 2.66. The quantitative estimate of drug-likeness (QED) is 0.0590. The van der Waals surface area contributed by atoms with Crippen molar-refractivity contribution < 1.29 is 13.9 Å². The van der Waals surface area contributed by atoms with Crippen LogP contribution in [0.25, 0.3) is 77.6 Å².